The first-order valence-corrected chi connectivity index (χ1v) is 39.4. The summed E-state index contributed by atoms with van der Waals surface area (Å²) in [6.07, 6.45) is 35.8. The third-order valence-electron chi connectivity index (χ3n) is 21.9. The number of thiophene rings is 3. The molecular formula is C88H98N2OS3. The van der Waals surface area contributed by atoms with Crippen molar-refractivity contribution in [2.24, 2.45) is 0 Å². The van der Waals surface area contributed by atoms with Crippen LogP contribution >= 0.6 is 34.0 Å². The number of unbranched alkanes of at least 4 members (excludes halogenated alkanes) is 20. The lowest BCUT2D eigenvalue weighted by atomic mass is 9.70. The third-order valence-corrected chi connectivity index (χ3v) is 25.3. The van der Waals surface area contributed by atoms with Crippen LogP contribution in [0, 0.1) is 13.8 Å². The van der Waals surface area contributed by atoms with Crippen LogP contribution in [0.3, 0.4) is 0 Å². The van der Waals surface area contributed by atoms with Gasteiger partial charge in [-0.25, -0.2) is 9.97 Å². The molecule has 0 unspecified atom stereocenters. The molecule has 0 radical (unpaired) electrons. The van der Waals surface area contributed by atoms with Gasteiger partial charge in [0.2, 0.25) is 0 Å². The van der Waals surface area contributed by atoms with Crippen LogP contribution in [0.1, 0.15) is 240 Å². The smallest absolute Gasteiger partial charge is 0.160 e. The van der Waals surface area contributed by atoms with Crippen molar-refractivity contribution in [1.29, 1.82) is 0 Å². The molecule has 14 rings (SSSR count). The van der Waals surface area contributed by atoms with Crippen molar-refractivity contribution in [2.45, 2.75) is 232 Å². The molecule has 0 N–H and O–H groups in total. The number of nitrogens with zero attached hydrogens (tertiary/aromatic N) is 2. The first-order valence-electron chi connectivity index (χ1n) is 36.9. The molecule has 0 amide bonds. The largest absolute Gasteiger partial charge is 0.456 e. The van der Waals surface area contributed by atoms with Crippen LogP contribution in [0.15, 0.2) is 150 Å². The Labute approximate surface area is 572 Å². The Morgan fingerprint density at radius 1 is 0.330 bits per heavy atom. The van der Waals surface area contributed by atoms with Gasteiger partial charge in [0.25, 0.3) is 0 Å². The van der Waals surface area contributed by atoms with Crippen molar-refractivity contribution in [2.75, 3.05) is 0 Å². The normalized spacial score (nSPS) is 13.7. The zero-order valence-corrected chi connectivity index (χ0v) is 59.6. The molecule has 6 heteroatoms. The molecule has 0 saturated heterocycles. The number of furan rings is 1. The Bertz CT molecular complexity index is 4570. The number of rotatable bonds is 32. The summed E-state index contributed by atoms with van der Waals surface area (Å²) in [4.78, 5) is 14.4. The zero-order chi connectivity index (χ0) is 64.2. The van der Waals surface area contributed by atoms with Gasteiger partial charge in [0.1, 0.15) is 11.2 Å². The van der Waals surface area contributed by atoms with Gasteiger partial charge in [-0.05, 0) is 162 Å². The predicted octanol–water partition coefficient (Wildman–Crippen LogP) is 28.8. The predicted molar refractivity (Wildman–Crippen MR) is 411 cm³/mol. The van der Waals surface area contributed by atoms with E-state index in [1.807, 2.05) is 34.0 Å². The van der Waals surface area contributed by atoms with Gasteiger partial charge in [-0.15, -0.1) is 34.0 Å². The van der Waals surface area contributed by atoms with E-state index in [2.05, 4.69) is 187 Å². The molecule has 7 aromatic carbocycles. The first-order chi connectivity index (χ1) is 46.2. The number of hydrogen-bond donors (Lipinski definition) is 0. The Morgan fingerprint density at radius 3 is 1.35 bits per heavy atom. The highest BCUT2D eigenvalue weighted by Crippen LogP contribution is 2.58. The van der Waals surface area contributed by atoms with Crippen LogP contribution in [-0.2, 0) is 10.8 Å². The fourth-order valence-electron chi connectivity index (χ4n) is 16.8. The molecule has 94 heavy (non-hydrogen) atoms. The van der Waals surface area contributed by atoms with Gasteiger partial charge in [-0.3, -0.25) is 0 Å². The van der Waals surface area contributed by atoms with Crippen molar-refractivity contribution in [3.8, 4) is 66.6 Å². The van der Waals surface area contributed by atoms with Gasteiger partial charge < -0.3 is 4.42 Å². The van der Waals surface area contributed by atoms with Crippen LogP contribution in [0.4, 0.5) is 0 Å². The van der Waals surface area contributed by atoms with Crippen LogP contribution in [0.5, 0.6) is 0 Å². The van der Waals surface area contributed by atoms with Crippen LogP contribution in [0.2, 0.25) is 0 Å². The van der Waals surface area contributed by atoms with E-state index in [1.54, 1.807) is 11.1 Å². The minimum absolute atomic E-state index is 0.0551. The van der Waals surface area contributed by atoms with Gasteiger partial charge in [0.05, 0.1) is 11.4 Å². The number of aromatic nitrogens is 2. The average Bonchev–Trinajstić information content (AvgIpc) is 1.57. The van der Waals surface area contributed by atoms with Crippen molar-refractivity contribution >= 4 is 85.5 Å². The molecule has 5 heterocycles. The Morgan fingerprint density at radius 2 is 0.798 bits per heavy atom. The molecule has 5 aromatic heterocycles. The van der Waals surface area contributed by atoms with E-state index < -0.39 is 0 Å². The summed E-state index contributed by atoms with van der Waals surface area (Å²) in [7, 11) is 0. The van der Waals surface area contributed by atoms with Gasteiger partial charge in [0, 0.05) is 77.6 Å². The molecule has 0 saturated carbocycles. The summed E-state index contributed by atoms with van der Waals surface area (Å²) in [5, 5.41) is 4.80. The quantitative estimate of drug-likeness (QED) is 0.0395. The molecule has 0 aliphatic heterocycles. The second kappa shape index (κ2) is 28.9. The zero-order valence-electron chi connectivity index (χ0n) is 57.2. The maximum Gasteiger partial charge on any atom is 0.160 e. The summed E-state index contributed by atoms with van der Waals surface area (Å²) < 4.78 is 11.8. The standard InChI is InChI=1S/C88H98N2OS3/c1-7-11-15-19-23-29-45-87(46-30-24-20-16-12-8-2)73-49-59(5)35-40-65(73)66-41-36-61(52-74(66)87)77-56-78(90-86(89-77)64-39-44-81-71(51-64)72-55-70-69-33-27-28-34-79(69)91-80(70)57-83(72)93-81)62-37-42-67-68-43-38-63(82-58-85-84(94-82)50-60(6)92-85)54-76(68)88(75(67)53-62,47-31-25-21-17-13-9-3)48-32-26-22-18-14-10-4/h27-28,33-44,49-58H,7-26,29-32,45-48H2,1-6H3. The van der Waals surface area contributed by atoms with E-state index in [1.165, 1.54) is 262 Å². The fraction of sp³-hybridized carbons (Fsp3) is 0.409. The Hall–Kier alpha value is -6.70. The molecule has 2 aliphatic rings. The maximum absolute atomic E-state index is 6.45. The third kappa shape index (κ3) is 12.8. The van der Waals surface area contributed by atoms with E-state index in [0.717, 1.165) is 57.6 Å². The molecule has 3 nitrogen and oxygen atoms in total. The molecule has 2 aliphatic carbocycles. The van der Waals surface area contributed by atoms with E-state index in [0.29, 0.717) is 0 Å². The van der Waals surface area contributed by atoms with Crippen LogP contribution in [0.25, 0.3) is 118 Å². The van der Waals surface area contributed by atoms with Crippen LogP contribution in [-0.4, -0.2) is 9.97 Å². The highest BCUT2D eigenvalue weighted by Gasteiger charge is 2.44. The molecule has 0 spiro atoms. The number of fused-ring (bicyclic) bond motifs is 13. The van der Waals surface area contributed by atoms with E-state index in [9.17, 15) is 0 Å². The SMILES string of the molecule is CCCCCCCCC1(CCCCCCCC)c2cc(C)ccc2-c2ccc(-c3cc(-c4ccc5c(c4)C(CCCCCCCC)(CCCCCCCC)c4cc(-c6cc7sc(C)cc7s6)ccc4-5)nc(-c4ccc5sc6cc7oc8ccccc8c7cc6c5c4)n3)cc21. The monoisotopic (exact) mass is 1290 g/mol. The van der Waals surface area contributed by atoms with Gasteiger partial charge in [-0.1, -0.05) is 260 Å². The maximum atomic E-state index is 6.45. The number of benzene rings is 7. The van der Waals surface area contributed by atoms with Gasteiger partial charge >= 0.3 is 0 Å². The molecule has 0 atom stereocenters. The molecular weight excluding hydrogens is 1200 g/mol. The summed E-state index contributed by atoms with van der Waals surface area (Å²) >= 11 is 5.75. The lowest BCUT2D eigenvalue weighted by Crippen LogP contribution is -2.26. The highest BCUT2D eigenvalue weighted by molar-refractivity contribution is 7.29. The van der Waals surface area contributed by atoms with Crippen molar-refractivity contribution < 1.29 is 4.42 Å². The van der Waals surface area contributed by atoms with Gasteiger partial charge in [-0.2, -0.15) is 0 Å². The van der Waals surface area contributed by atoms with Crippen molar-refractivity contribution in [3.63, 3.8) is 0 Å². The minimum atomic E-state index is -0.116. The Balaban J connectivity index is 0.929. The summed E-state index contributed by atoms with van der Waals surface area (Å²) in [6.45, 7) is 13.9. The number of aryl methyl sites for hydroxylation is 2. The second-order valence-electron chi connectivity index (χ2n) is 28.5. The number of hydrogen-bond acceptors (Lipinski definition) is 6. The average molecular weight is 1300 g/mol. The number of para-hydroxylation sites is 1. The second-order valence-corrected chi connectivity index (χ2v) is 31.9. The minimum Gasteiger partial charge on any atom is -0.456 e. The topological polar surface area (TPSA) is 38.9 Å². The van der Waals surface area contributed by atoms with E-state index >= 15 is 0 Å². The van der Waals surface area contributed by atoms with Crippen LogP contribution < -0.4 is 0 Å². The van der Waals surface area contributed by atoms with E-state index in [4.69, 9.17) is 14.4 Å². The summed E-state index contributed by atoms with van der Waals surface area (Å²) in [6, 6.07) is 57.3. The first kappa shape index (κ1) is 64.6. The Kier molecular flexibility index (Phi) is 19.9. The van der Waals surface area contributed by atoms with Crippen molar-refractivity contribution in [3.05, 3.63) is 178 Å². The molecule has 484 valence electrons. The van der Waals surface area contributed by atoms with E-state index in [-0.39, 0.29) is 10.8 Å². The molecule has 12 aromatic rings. The summed E-state index contributed by atoms with van der Waals surface area (Å²) in [5.41, 5.74) is 21.7. The molecule has 0 bridgehead atoms. The fourth-order valence-corrected chi connectivity index (χ4v) is 20.2. The molecule has 0 fully saturated rings. The highest BCUT2D eigenvalue weighted by atomic mass is 32.1. The lowest BCUT2D eigenvalue weighted by molar-refractivity contribution is 0.398. The lowest BCUT2D eigenvalue weighted by Gasteiger charge is -2.33. The summed E-state index contributed by atoms with van der Waals surface area (Å²) in [5.74, 6) is 0.776. The van der Waals surface area contributed by atoms with Crippen molar-refractivity contribution in [1.82, 2.24) is 9.97 Å². The van der Waals surface area contributed by atoms with Gasteiger partial charge in [0.15, 0.2) is 5.82 Å².